The molecule has 0 saturated heterocycles. The highest BCUT2D eigenvalue weighted by molar-refractivity contribution is 5.90. The second kappa shape index (κ2) is 7.87. The molecule has 2 aromatic heterocycles. The number of carbonyl (C=O) groups excluding carboxylic acids is 1. The van der Waals surface area contributed by atoms with E-state index in [1.165, 1.54) is 22.7 Å². The second-order valence-electron chi connectivity index (χ2n) is 9.42. The Morgan fingerprint density at radius 1 is 1.18 bits per heavy atom. The van der Waals surface area contributed by atoms with E-state index in [1.807, 2.05) is 19.1 Å². The van der Waals surface area contributed by atoms with E-state index in [4.69, 9.17) is 4.52 Å². The Labute approximate surface area is 191 Å². The number of hydrogen-bond donors (Lipinski definition) is 1. The molecule has 4 aromatic rings. The number of rotatable bonds is 5. The van der Waals surface area contributed by atoms with E-state index in [2.05, 4.69) is 33.2 Å². The van der Waals surface area contributed by atoms with Crippen molar-refractivity contribution in [3.63, 3.8) is 0 Å². The molecular weight excluding hydrogens is 417 g/mol. The molecule has 0 bridgehead atoms. The quantitative estimate of drug-likeness (QED) is 0.463. The van der Waals surface area contributed by atoms with Crippen molar-refractivity contribution >= 4 is 16.8 Å². The van der Waals surface area contributed by atoms with E-state index in [9.17, 15) is 9.18 Å². The third-order valence-corrected chi connectivity index (χ3v) is 6.91. The van der Waals surface area contributed by atoms with Gasteiger partial charge in [-0.3, -0.25) is 4.79 Å². The van der Waals surface area contributed by atoms with Gasteiger partial charge in [0.15, 0.2) is 0 Å². The van der Waals surface area contributed by atoms with Crippen LogP contribution in [0.15, 0.2) is 53.1 Å². The number of fused-ring (bicyclic) bond motifs is 3. The standard InChI is InChI=1S/C27H26FN3O2/c1-16-11-24(30-33-16)19-7-9-25-22(13-19)23-14-21(29-27(32)18-5-6-18)8-10-26(23)31(25)15-17-3-2-4-20(28)12-17/h2-4,7,9,11-13,18,21H,5-6,8,10,14-15H2,1H3,(H,29,32)/t21-/m1/s1. The Kier molecular flexibility index (Phi) is 4.82. The summed E-state index contributed by atoms with van der Waals surface area (Å²) in [5.41, 5.74) is 6.44. The molecule has 2 aromatic carbocycles. The molecule has 6 rings (SSSR count). The van der Waals surface area contributed by atoms with Crippen LogP contribution in [0.1, 0.15) is 41.8 Å². The van der Waals surface area contributed by atoms with Crippen molar-refractivity contribution in [3.8, 4) is 11.3 Å². The van der Waals surface area contributed by atoms with Crippen molar-refractivity contribution in [2.75, 3.05) is 0 Å². The Bertz CT molecular complexity index is 1370. The van der Waals surface area contributed by atoms with E-state index in [0.717, 1.165) is 60.2 Å². The molecule has 0 unspecified atom stereocenters. The van der Waals surface area contributed by atoms with Crippen LogP contribution in [-0.4, -0.2) is 21.7 Å². The summed E-state index contributed by atoms with van der Waals surface area (Å²) in [6.45, 7) is 2.50. The molecule has 0 aliphatic heterocycles. The predicted molar refractivity (Wildman–Crippen MR) is 124 cm³/mol. The number of nitrogens with one attached hydrogen (secondary N) is 1. The average molecular weight is 444 g/mol. The minimum absolute atomic E-state index is 0.150. The molecule has 2 aliphatic rings. The molecule has 0 radical (unpaired) electrons. The summed E-state index contributed by atoms with van der Waals surface area (Å²) in [5, 5.41) is 8.64. The molecule has 1 atom stereocenters. The number of halogens is 1. The molecule has 2 heterocycles. The molecule has 168 valence electrons. The number of aromatic nitrogens is 2. The van der Waals surface area contributed by atoms with Crippen LogP contribution in [0, 0.1) is 18.7 Å². The van der Waals surface area contributed by atoms with Gasteiger partial charge in [0.05, 0.1) is 0 Å². The molecule has 1 N–H and O–H groups in total. The molecule has 0 spiro atoms. The highest BCUT2D eigenvalue weighted by atomic mass is 19.1. The molecule has 1 saturated carbocycles. The van der Waals surface area contributed by atoms with E-state index < -0.39 is 0 Å². The van der Waals surface area contributed by atoms with Crippen LogP contribution < -0.4 is 5.32 Å². The zero-order valence-corrected chi connectivity index (χ0v) is 18.6. The summed E-state index contributed by atoms with van der Waals surface area (Å²) in [5.74, 6) is 0.969. The SMILES string of the molecule is Cc1cc(-c2ccc3c(c2)c2c(n3Cc3cccc(F)c3)CC[C@@H](NC(=O)C3CC3)C2)no1. The van der Waals surface area contributed by atoms with Crippen LogP contribution in [-0.2, 0) is 24.2 Å². The predicted octanol–water partition coefficient (Wildman–Crippen LogP) is 5.18. The maximum Gasteiger partial charge on any atom is 0.223 e. The number of nitrogens with zero attached hydrogens (tertiary/aromatic N) is 2. The summed E-state index contributed by atoms with van der Waals surface area (Å²) in [6, 6.07) is 15.3. The van der Waals surface area contributed by atoms with Gasteiger partial charge in [-0.15, -0.1) is 0 Å². The number of hydrogen-bond acceptors (Lipinski definition) is 3. The van der Waals surface area contributed by atoms with Crippen LogP contribution in [0.4, 0.5) is 4.39 Å². The largest absolute Gasteiger partial charge is 0.361 e. The number of benzene rings is 2. The Morgan fingerprint density at radius 3 is 2.82 bits per heavy atom. The topological polar surface area (TPSA) is 60.1 Å². The Balaban J connectivity index is 1.42. The Morgan fingerprint density at radius 2 is 2.06 bits per heavy atom. The first-order chi connectivity index (χ1) is 16.0. The number of aryl methyl sites for hydroxylation is 1. The molecule has 1 fully saturated rings. The van der Waals surface area contributed by atoms with Crippen molar-refractivity contribution in [1.82, 2.24) is 15.0 Å². The van der Waals surface area contributed by atoms with Gasteiger partial charge in [0.1, 0.15) is 17.3 Å². The van der Waals surface area contributed by atoms with Crippen molar-refractivity contribution in [3.05, 3.63) is 76.9 Å². The molecular formula is C27H26FN3O2. The lowest BCUT2D eigenvalue weighted by Gasteiger charge is -2.25. The second-order valence-corrected chi connectivity index (χ2v) is 9.42. The van der Waals surface area contributed by atoms with Crippen LogP contribution in [0.25, 0.3) is 22.2 Å². The van der Waals surface area contributed by atoms with Crippen LogP contribution in [0.5, 0.6) is 0 Å². The highest BCUT2D eigenvalue weighted by Crippen LogP contribution is 2.36. The zero-order chi connectivity index (χ0) is 22.5. The fraction of sp³-hybridized carbons (Fsp3) is 0.333. The smallest absolute Gasteiger partial charge is 0.223 e. The van der Waals surface area contributed by atoms with Gasteiger partial charge in [-0.1, -0.05) is 23.4 Å². The van der Waals surface area contributed by atoms with Gasteiger partial charge in [-0.05, 0) is 74.4 Å². The normalized spacial score (nSPS) is 17.8. The molecule has 6 heteroatoms. The summed E-state index contributed by atoms with van der Waals surface area (Å²) >= 11 is 0. The lowest BCUT2D eigenvalue weighted by atomic mass is 9.90. The van der Waals surface area contributed by atoms with Gasteiger partial charge in [-0.2, -0.15) is 0 Å². The van der Waals surface area contributed by atoms with Crippen molar-refractivity contribution < 1.29 is 13.7 Å². The first-order valence-corrected chi connectivity index (χ1v) is 11.7. The van der Waals surface area contributed by atoms with E-state index in [-0.39, 0.29) is 23.7 Å². The van der Waals surface area contributed by atoms with Gasteiger partial charge in [0.25, 0.3) is 0 Å². The fourth-order valence-corrected chi connectivity index (χ4v) is 5.10. The first-order valence-electron chi connectivity index (χ1n) is 11.7. The average Bonchev–Trinajstić information content (AvgIpc) is 3.51. The third kappa shape index (κ3) is 3.84. The zero-order valence-electron chi connectivity index (χ0n) is 18.6. The Hall–Kier alpha value is -3.41. The lowest BCUT2D eigenvalue weighted by Crippen LogP contribution is -2.39. The van der Waals surface area contributed by atoms with Gasteiger partial charge in [0.2, 0.25) is 5.91 Å². The van der Waals surface area contributed by atoms with Gasteiger partial charge in [0, 0.05) is 46.7 Å². The number of amides is 1. The van der Waals surface area contributed by atoms with Gasteiger partial charge < -0.3 is 14.4 Å². The van der Waals surface area contributed by atoms with Gasteiger partial charge >= 0.3 is 0 Å². The molecule has 5 nitrogen and oxygen atoms in total. The van der Waals surface area contributed by atoms with Crippen molar-refractivity contribution in [1.29, 1.82) is 0 Å². The molecule has 33 heavy (non-hydrogen) atoms. The number of carbonyl (C=O) groups is 1. The van der Waals surface area contributed by atoms with E-state index >= 15 is 0 Å². The molecule has 1 amide bonds. The van der Waals surface area contributed by atoms with E-state index in [1.54, 1.807) is 12.1 Å². The van der Waals surface area contributed by atoms with Gasteiger partial charge in [-0.25, -0.2) is 4.39 Å². The maximum atomic E-state index is 13.9. The monoisotopic (exact) mass is 443 g/mol. The minimum atomic E-state index is -0.218. The lowest BCUT2D eigenvalue weighted by molar-refractivity contribution is -0.123. The van der Waals surface area contributed by atoms with Crippen LogP contribution in [0.2, 0.25) is 0 Å². The summed E-state index contributed by atoms with van der Waals surface area (Å²) in [4.78, 5) is 12.4. The first kappa shape index (κ1) is 20.2. The summed E-state index contributed by atoms with van der Waals surface area (Å²) in [6.07, 6.45) is 4.63. The van der Waals surface area contributed by atoms with Crippen molar-refractivity contribution in [2.45, 2.75) is 51.6 Å². The highest BCUT2D eigenvalue weighted by Gasteiger charge is 2.33. The van der Waals surface area contributed by atoms with Crippen LogP contribution in [0.3, 0.4) is 0 Å². The summed E-state index contributed by atoms with van der Waals surface area (Å²) in [7, 11) is 0. The minimum Gasteiger partial charge on any atom is -0.361 e. The summed E-state index contributed by atoms with van der Waals surface area (Å²) < 4.78 is 21.5. The van der Waals surface area contributed by atoms with E-state index in [0.29, 0.717) is 6.54 Å². The molecule has 2 aliphatic carbocycles. The van der Waals surface area contributed by atoms with Crippen molar-refractivity contribution in [2.24, 2.45) is 5.92 Å². The van der Waals surface area contributed by atoms with Crippen LogP contribution >= 0.6 is 0 Å². The fourth-order valence-electron chi connectivity index (χ4n) is 5.10. The maximum absolute atomic E-state index is 13.9. The third-order valence-electron chi connectivity index (χ3n) is 6.91.